The van der Waals surface area contributed by atoms with Crippen LogP contribution in [0.3, 0.4) is 0 Å². The number of aryl methyl sites for hydroxylation is 1. The van der Waals surface area contributed by atoms with Crippen molar-refractivity contribution in [3.05, 3.63) is 47.5 Å². The molecule has 1 aromatic rings. The molecule has 0 spiro atoms. The van der Waals surface area contributed by atoms with Gasteiger partial charge in [0.15, 0.2) is 0 Å². The number of allylic oxidation sites excluding steroid dienone is 2. The minimum Gasteiger partial charge on any atom is -0.0955 e. The normalized spacial score (nSPS) is 11.4. The van der Waals surface area contributed by atoms with Gasteiger partial charge in [0.25, 0.3) is 0 Å². The molecule has 0 radical (unpaired) electrons. The first-order valence-electron chi connectivity index (χ1n) is 6.12. The Labute approximate surface area is 106 Å². The Balaban J connectivity index is 3.73. The molecule has 0 aromatic heterocycles. The van der Waals surface area contributed by atoms with E-state index in [1.807, 2.05) is 0 Å². The van der Waals surface area contributed by atoms with Crippen molar-refractivity contribution in [3.63, 3.8) is 0 Å². The Morgan fingerprint density at radius 3 is 1.88 bits per heavy atom. The van der Waals surface area contributed by atoms with Crippen LogP contribution in [0.1, 0.15) is 56.9 Å². The van der Waals surface area contributed by atoms with Gasteiger partial charge >= 0.3 is 0 Å². The minimum absolute atomic E-state index is 0.129. The van der Waals surface area contributed by atoms with Crippen molar-refractivity contribution < 1.29 is 0 Å². The molecule has 0 unspecified atom stereocenters. The highest BCUT2D eigenvalue weighted by molar-refractivity contribution is 5.80. The predicted molar refractivity (Wildman–Crippen MR) is 79.3 cm³/mol. The molecule has 0 aliphatic rings. The fourth-order valence-electron chi connectivity index (χ4n) is 2.47. The van der Waals surface area contributed by atoms with Crippen LogP contribution in [0.2, 0.25) is 0 Å². The van der Waals surface area contributed by atoms with E-state index in [4.69, 9.17) is 0 Å². The third-order valence-corrected chi connectivity index (χ3v) is 3.05. The van der Waals surface area contributed by atoms with Crippen LogP contribution < -0.4 is 0 Å². The molecule has 0 aliphatic carbocycles. The van der Waals surface area contributed by atoms with Gasteiger partial charge in [-0.25, -0.2) is 0 Å². The van der Waals surface area contributed by atoms with Gasteiger partial charge in [0.2, 0.25) is 0 Å². The maximum atomic E-state index is 4.14. The average Bonchev–Trinajstić information content (AvgIpc) is 2.14. The topological polar surface area (TPSA) is 0 Å². The molecule has 17 heavy (non-hydrogen) atoms. The Kier molecular flexibility index (Phi) is 3.66. The van der Waals surface area contributed by atoms with Gasteiger partial charge in [0.05, 0.1) is 0 Å². The van der Waals surface area contributed by atoms with Gasteiger partial charge in [-0.1, -0.05) is 57.2 Å². The Morgan fingerprint density at radius 2 is 1.53 bits per heavy atom. The van der Waals surface area contributed by atoms with E-state index < -0.39 is 0 Å². The summed E-state index contributed by atoms with van der Waals surface area (Å²) in [6, 6.07) is 4.36. The maximum absolute atomic E-state index is 4.14. The highest BCUT2D eigenvalue weighted by atomic mass is 14.3. The summed E-state index contributed by atoms with van der Waals surface area (Å²) in [4.78, 5) is 0. The predicted octanol–water partition coefficient (Wildman–Crippen LogP) is 5.36. The number of hydrogen-bond acceptors (Lipinski definition) is 0. The zero-order chi connectivity index (χ0) is 13.4. The van der Waals surface area contributed by atoms with Crippen molar-refractivity contribution in [2.75, 3.05) is 0 Å². The number of rotatable bonds is 2. The lowest BCUT2D eigenvalue weighted by Crippen LogP contribution is -2.17. The minimum atomic E-state index is 0.129. The monoisotopic (exact) mass is 228 g/mol. The second-order valence-corrected chi connectivity index (χ2v) is 5.99. The quantitative estimate of drug-likeness (QED) is 0.639. The summed E-state index contributed by atoms with van der Waals surface area (Å²) in [5, 5.41) is 0. The van der Waals surface area contributed by atoms with Gasteiger partial charge in [0, 0.05) is 0 Å². The maximum Gasteiger partial charge on any atom is -0.0118 e. The Hall–Kier alpha value is -1.30. The summed E-state index contributed by atoms with van der Waals surface area (Å²) in [5.41, 5.74) is 7.60. The summed E-state index contributed by atoms with van der Waals surface area (Å²) < 4.78 is 0. The molecule has 92 valence electrons. The van der Waals surface area contributed by atoms with Crippen molar-refractivity contribution in [2.45, 2.75) is 47.0 Å². The molecule has 1 aromatic carbocycles. The average molecular weight is 228 g/mol. The Morgan fingerprint density at radius 1 is 1.00 bits per heavy atom. The van der Waals surface area contributed by atoms with E-state index in [0.29, 0.717) is 0 Å². The summed E-state index contributed by atoms with van der Waals surface area (Å²) in [6.07, 6.45) is 0. The molecule has 0 saturated heterocycles. The van der Waals surface area contributed by atoms with Crippen LogP contribution in [0.5, 0.6) is 0 Å². The van der Waals surface area contributed by atoms with Crippen molar-refractivity contribution in [2.24, 2.45) is 0 Å². The summed E-state index contributed by atoms with van der Waals surface area (Å²) in [6.45, 7) is 21.3. The van der Waals surface area contributed by atoms with E-state index in [0.717, 1.165) is 11.1 Å². The number of hydrogen-bond donors (Lipinski definition) is 0. The lowest BCUT2D eigenvalue weighted by molar-refractivity contribution is 0.584. The molecular formula is C17H24. The first-order valence-corrected chi connectivity index (χ1v) is 6.12. The Bertz CT molecular complexity index is 468. The second kappa shape index (κ2) is 4.52. The van der Waals surface area contributed by atoms with Crippen molar-refractivity contribution in [3.8, 4) is 0 Å². The van der Waals surface area contributed by atoms with Gasteiger partial charge in [-0.2, -0.15) is 0 Å². The molecule has 0 bridgehead atoms. The molecule has 0 N–H and O–H groups in total. The van der Waals surface area contributed by atoms with E-state index in [1.54, 1.807) is 0 Å². The molecule has 0 fully saturated rings. The van der Waals surface area contributed by atoms with E-state index in [1.165, 1.54) is 22.3 Å². The van der Waals surface area contributed by atoms with Gasteiger partial charge < -0.3 is 0 Å². The van der Waals surface area contributed by atoms with Crippen molar-refractivity contribution in [1.29, 1.82) is 0 Å². The van der Waals surface area contributed by atoms with Crippen LogP contribution in [0.25, 0.3) is 11.1 Å². The van der Waals surface area contributed by atoms with E-state index >= 15 is 0 Å². The van der Waals surface area contributed by atoms with Crippen LogP contribution >= 0.6 is 0 Å². The highest BCUT2D eigenvalue weighted by Crippen LogP contribution is 2.36. The summed E-state index contributed by atoms with van der Waals surface area (Å²) in [7, 11) is 0. The van der Waals surface area contributed by atoms with Crippen LogP contribution in [-0.4, -0.2) is 0 Å². The number of benzene rings is 1. The SMILES string of the molecule is C=C(C)c1ccc(C)c(C(C)(C)C)c1C(=C)C. The summed E-state index contributed by atoms with van der Waals surface area (Å²) in [5.74, 6) is 0. The fourth-order valence-corrected chi connectivity index (χ4v) is 2.47. The standard InChI is InChI=1S/C17H24/c1-11(2)14-10-9-13(5)16(17(6,7)8)15(14)12(3)4/h9-10H,1,3H2,2,4-8H3. The lowest BCUT2D eigenvalue weighted by atomic mass is 9.77. The smallest absolute Gasteiger partial charge is 0.0118 e. The van der Waals surface area contributed by atoms with E-state index in [2.05, 4.69) is 66.8 Å². The molecule has 0 nitrogen and oxygen atoms in total. The molecule has 0 saturated carbocycles. The van der Waals surface area contributed by atoms with Gasteiger partial charge in [0.1, 0.15) is 0 Å². The highest BCUT2D eigenvalue weighted by Gasteiger charge is 2.22. The zero-order valence-electron chi connectivity index (χ0n) is 12.1. The van der Waals surface area contributed by atoms with Crippen molar-refractivity contribution in [1.82, 2.24) is 0 Å². The third-order valence-electron chi connectivity index (χ3n) is 3.05. The molecule has 0 amide bonds. The van der Waals surface area contributed by atoms with Crippen LogP contribution in [-0.2, 0) is 5.41 Å². The first kappa shape index (κ1) is 13.8. The van der Waals surface area contributed by atoms with Gasteiger partial charge in [-0.3, -0.25) is 0 Å². The van der Waals surface area contributed by atoms with Crippen molar-refractivity contribution >= 4 is 11.1 Å². The lowest BCUT2D eigenvalue weighted by Gasteiger charge is -2.28. The molecule has 0 heteroatoms. The molecule has 0 heterocycles. The first-order chi connectivity index (χ1) is 7.66. The largest absolute Gasteiger partial charge is 0.0955 e. The second-order valence-electron chi connectivity index (χ2n) is 5.99. The molecule has 0 aliphatic heterocycles. The zero-order valence-corrected chi connectivity index (χ0v) is 12.1. The van der Waals surface area contributed by atoms with Gasteiger partial charge in [-0.15, -0.1) is 0 Å². The van der Waals surface area contributed by atoms with Crippen LogP contribution in [0.15, 0.2) is 25.3 Å². The molecule has 0 atom stereocenters. The molecule has 1 rings (SSSR count). The molecular weight excluding hydrogens is 204 g/mol. The van der Waals surface area contributed by atoms with Gasteiger partial charge in [-0.05, 0) is 48.4 Å². The summed E-state index contributed by atoms with van der Waals surface area (Å²) >= 11 is 0. The van der Waals surface area contributed by atoms with E-state index in [9.17, 15) is 0 Å². The fraction of sp³-hybridized carbons (Fsp3) is 0.412. The van der Waals surface area contributed by atoms with E-state index in [-0.39, 0.29) is 5.41 Å². The van der Waals surface area contributed by atoms with Crippen LogP contribution in [0.4, 0.5) is 0 Å². The third kappa shape index (κ3) is 2.69. The van der Waals surface area contributed by atoms with Crippen LogP contribution in [0, 0.1) is 6.92 Å².